The third-order valence-corrected chi connectivity index (χ3v) is 5.45. The summed E-state index contributed by atoms with van der Waals surface area (Å²) in [6.07, 6.45) is -4.73. The zero-order valence-electron chi connectivity index (χ0n) is 18.2. The second-order valence-corrected chi connectivity index (χ2v) is 7.41. The summed E-state index contributed by atoms with van der Waals surface area (Å²) in [6.45, 7) is 1.89. The maximum atomic E-state index is 13.4. The molecule has 1 aromatic heterocycles. The number of likely N-dealkylation sites (N-methyl/N-ethyl adjacent to an activating group) is 1. The first-order valence-electron chi connectivity index (χ1n) is 9.95. The summed E-state index contributed by atoms with van der Waals surface area (Å²) in [5, 5.41) is 15.3. The van der Waals surface area contributed by atoms with Crippen molar-refractivity contribution in [3.05, 3.63) is 46.3 Å². The summed E-state index contributed by atoms with van der Waals surface area (Å²) in [7, 11) is 2.87. The quantitative estimate of drug-likeness (QED) is 0.720. The molecule has 1 atom stereocenters. The average molecular weight is 465 g/mol. The molecular formula is C21H22F3N5O4. The van der Waals surface area contributed by atoms with Gasteiger partial charge in [0.1, 0.15) is 11.8 Å². The van der Waals surface area contributed by atoms with Gasteiger partial charge in [-0.25, -0.2) is 0 Å². The van der Waals surface area contributed by atoms with Crippen molar-refractivity contribution >= 4 is 17.5 Å². The number of carbonyl (C=O) groups excluding carboxylic acids is 2. The number of carbonyl (C=O) groups is 2. The van der Waals surface area contributed by atoms with Gasteiger partial charge in [0.15, 0.2) is 5.69 Å². The number of aromatic nitrogens is 1. The molecule has 3 rings (SSSR count). The van der Waals surface area contributed by atoms with Crippen LogP contribution in [0.25, 0.3) is 0 Å². The van der Waals surface area contributed by atoms with E-state index in [-0.39, 0.29) is 37.6 Å². The van der Waals surface area contributed by atoms with Crippen molar-refractivity contribution in [3.63, 3.8) is 0 Å². The molecule has 9 nitrogen and oxygen atoms in total. The number of methoxy groups -OCH3 is 1. The Balaban J connectivity index is 1.92. The van der Waals surface area contributed by atoms with Crippen LogP contribution in [0.15, 0.2) is 22.7 Å². The second-order valence-electron chi connectivity index (χ2n) is 7.41. The summed E-state index contributed by atoms with van der Waals surface area (Å²) in [6, 6.07) is 3.87. The highest BCUT2D eigenvalue weighted by atomic mass is 19.4. The number of rotatable bonds is 5. The molecule has 1 aromatic carbocycles. The average Bonchev–Trinajstić information content (AvgIpc) is 3.17. The lowest BCUT2D eigenvalue weighted by Crippen LogP contribution is -2.60. The van der Waals surface area contributed by atoms with E-state index < -0.39 is 35.2 Å². The molecule has 1 fully saturated rings. The van der Waals surface area contributed by atoms with E-state index in [1.807, 2.05) is 0 Å². The molecule has 2 aromatic rings. The van der Waals surface area contributed by atoms with Gasteiger partial charge in [0.05, 0.1) is 35.9 Å². The number of nitrogens with one attached hydrogen (secondary N) is 1. The van der Waals surface area contributed by atoms with Crippen LogP contribution in [0.4, 0.5) is 18.9 Å². The Labute approximate surface area is 187 Å². The molecule has 2 amide bonds. The molecule has 0 aliphatic carbocycles. The van der Waals surface area contributed by atoms with Gasteiger partial charge in [0, 0.05) is 32.9 Å². The van der Waals surface area contributed by atoms with Crippen molar-refractivity contribution in [1.29, 1.82) is 5.26 Å². The number of halogens is 3. The number of alkyl halides is 3. The number of amides is 2. The number of anilines is 1. The van der Waals surface area contributed by atoms with Gasteiger partial charge in [-0.3, -0.25) is 9.59 Å². The van der Waals surface area contributed by atoms with Crippen LogP contribution in [0.5, 0.6) is 0 Å². The molecule has 2 heterocycles. The van der Waals surface area contributed by atoms with Crippen molar-refractivity contribution in [3.8, 4) is 6.07 Å². The van der Waals surface area contributed by atoms with Crippen LogP contribution < -0.4 is 10.2 Å². The summed E-state index contributed by atoms with van der Waals surface area (Å²) in [5.41, 5.74) is -0.915. The van der Waals surface area contributed by atoms with Crippen molar-refractivity contribution in [2.45, 2.75) is 25.7 Å². The molecule has 176 valence electrons. The molecule has 0 bridgehead atoms. The number of piperazine rings is 1. The van der Waals surface area contributed by atoms with Gasteiger partial charge >= 0.3 is 6.18 Å². The van der Waals surface area contributed by atoms with Gasteiger partial charge in [0.25, 0.3) is 5.91 Å². The Morgan fingerprint density at radius 2 is 2.09 bits per heavy atom. The topological polar surface area (TPSA) is 112 Å². The number of hydrogen-bond donors (Lipinski definition) is 1. The minimum atomic E-state index is -4.73. The lowest BCUT2D eigenvalue weighted by atomic mass is 10.0. The number of ether oxygens (including phenoxy) is 1. The highest BCUT2D eigenvalue weighted by Crippen LogP contribution is 2.35. The Kier molecular flexibility index (Phi) is 6.92. The fourth-order valence-electron chi connectivity index (χ4n) is 3.73. The number of hydrogen-bond acceptors (Lipinski definition) is 7. The SMILES string of the molecule is CNC(=O)C1CN(C(=O)c2noc(C)c2COC)CCN1c1ccc(C#N)c(C(F)(F)F)c1. The Bertz CT molecular complexity index is 1090. The number of nitriles is 1. The monoisotopic (exact) mass is 465 g/mol. The summed E-state index contributed by atoms with van der Waals surface area (Å²) >= 11 is 0. The highest BCUT2D eigenvalue weighted by Gasteiger charge is 2.38. The fourth-order valence-corrected chi connectivity index (χ4v) is 3.73. The van der Waals surface area contributed by atoms with Crippen LogP contribution >= 0.6 is 0 Å². The maximum absolute atomic E-state index is 13.4. The summed E-state index contributed by atoms with van der Waals surface area (Å²) in [5.74, 6) is -0.513. The van der Waals surface area contributed by atoms with Gasteiger partial charge < -0.3 is 24.4 Å². The third-order valence-electron chi connectivity index (χ3n) is 5.45. The predicted octanol–water partition coefficient (Wildman–Crippen LogP) is 2.10. The maximum Gasteiger partial charge on any atom is 0.417 e. The molecule has 1 unspecified atom stereocenters. The van der Waals surface area contributed by atoms with Crippen LogP contribution in [0, 0.1) is 18.3 Å². The predicted molar refractivity (Wildman–Crippen MR) is 109 cm³/mol. The zero-order valence-corrected chi connectivity index (χ0v) is 18.2. The largest absolute Gasteiger partial charge is 0.417 e. The molecule has 1 aliphatic heterocycles. The van der Waals surface area contributed by atoms with Gasteiger partial charge in [-0.1, -0.05) is 5.16 Å². The first kappa shape index (κ1) is 24.1. The molecule has 1 saturated heterocycles. The summed E-state index contributed by atoms with van der Waals surface area (Å²) in [4.78, 5) is 28.6. The van der Waals surface area contributed by atoms with Crippen LogP contribution in [-0.2, 0) is 22.3 Å². The number of aryl methyl sites for hydroxylation is 1. The van der Waals surface area contributed by atoms with Crippen molar-refractivity contribution in [1.82, 2.24) is 15.4 Å². The smallest absolute Gasteiger partial charge is 0.380 e. The zero-order chi connectivity index (χ0) is 24.3. The number of nitrogens with zero attached hydrogens (tertiary/aromatic N) is 4. The van der Waals surface area contributed by atoms with Crippen LogP contribution in [0.3, 0.4) is 0 Å². The summed E-state index contributed by atoms with van der Waals surface area (Å²) < 4.78 is 50.5. The molecule has 1 aliphatic rings. The lowest BCUT2D eigenvalue weighted by Gasteiger charge is -2.41. The molecule has 0 saturated carbocycles. The van der Waals surface area contributed by atoms with Crippen LogP contribution in [0.1, 0.15) is 32.9 Å². The third kappa shape index (κ3) is 4.78. The van der Waals surface area contributed by atoms with E-state index in [2.05, 4.69) is 10.5 Å². The van der Waals surface area contributed by atoms with E-state index in [0.717, 1.165) is 12.1 Å². The normalized spacial score (nSPS) is 16.5. The van der Waals surface area contributed by atoms with Crippen molar-refractivity contribution in [2.75, 3.05) is 38.7 Å². The minimum absolute atomic E-state index is 0.0659. The first-order chi connectivity index (χ1) is 15.6. The Morgan fingerprint density at radius 1 is 1.36 bits per heavy atom. The van der Waals surface area contributed by atoms with Gasteiger partial charge in [-0.05, 0) is 25.1 Å². The minimum Gasteiger partial charge on any atom is -0.380 e. The molecule has 0 spiro atoms. The molecule has 12 heteroatoms. The fraction of sp³-hybridized carbons (Fsp3) is 0.429. The first-order valence-corrected chi connectivity index (χ1v) is 9.95. The van der Waals surface area contributed by atoms with Gasteiger partial charge in [0.2, 0.25) is 5.91 Å². The van der Waals surface area contributed by atoms with E-state index in [9.17, 15) is 22.8 Å². The number of benzene rings is 1. The Hall–Kier alpha value is -3.59. The van der Waals surface area contributed by atoms with Crippen molar-refractivity contribution in [2.24, 2.45) is 0 Å². The molecule has 0 radical (unpaired) electrons. The highest BCUT2D eigenvalue weighted by molar-refractivity contribution is 5.95. The lowest BCUT2D eigenvalue weighted by molar-refractivity contribution is -0.137. The van der Waals surface area contributed by atoms with Crippen molar-refractivity contribution < 1.29 is 32.0 Å². The van der Waals surface area contributed by atoms with Crippen LogP contribution in [-0.4, -0.2) is 61.7 Å². The van der Waals surface area contributed by atoms with E-state index in [1.54, 1.807) is 6.92 Å². The van der Waals surface area contributed by atoms with Gasteiger partial charge in [-0.2, -0.15) is 18.4 Å². The molecule has 33 heavy (non-hydrogen) atoms. The second kappa shape index (κ2) is 9.50. The van der Waals surface area contributed by atoms with Gasteiger partial charge in [-0.15, -0.1) is 0 Å². The van der Waals surface area contributed by atoms with E-state index in [0.29, 0.717) is 11.3 Å². The molecule has 1 N–H and O–H groups in total. The van der Waals surface area contributed by atoms with Crippen LogP contribution in [0.2, 0.25) is 0 Å². The van der Waals surface area contributed by atoms with E-state index in [4.69, 9.17) is 14.5 Å². The van der Waals surface area contributed by atoms with E-state index in [1.165, 1.54) is 36.1 Å². The Morgan fingerprint density at radius 3 is 2.70 bits per heavy atom. The standard InChI is InChI=1S/C21H22F3N5O4/c1-12-15(11-32-3)18(27-33-12)20(31)28-6-7-29(17(10-28)19(30)26-2)14-5-4-13(9-25)16(8-14)21(22,23)24/h4-5,8,17H,6-7,10-11H2,1-3H3,(H,26,30). The molecular weight excluding hydrogens is 443 g/mol. The van der Waals surface area contributed by atoms with E-state index >= 15 is 0 Å².